The molecule has 0 bridgehead atoms. The Balaban J connectivity index is 2.19. The third-order valence-corrected chi connectivity index (χ3v) is 3.24. The molecule has 0 aliphatic heterocycles. The summed E-state index contributed by atoms with van der Waals surface area (Å²) in [5, 5.41) is 10.2. The van der Waals surface area contributed by atoms with Crippen molar-refractivity contribution in [3.63, 3.8) is 0 Å². The monoisotopic (exact) mass is 271 g/mol. The van der Waals surface area contributed by atoms with Gasteiger partial charge in [-0.2, -0.15) is 0 Å². The van der Waals surface area contributed by atoms with Gasteiger partial charge in [-0.05, 0) is 24.5 Å². The molecule has 20 heavy (non-hydrogen) atoms. The van der Waals surface area contributed by atoms with Gasteiger partial charge in [-0.1, -0.05) is 13.8 Å². The highest BCUT2D eigenvalue weighted by molar-refractivity contribution is 6.03. The molecule has 0 aromatic carbocycles. The number of aliphatic hydroxyl groups is 1. The molecular weight excluding hydrogens is 254 g/mol. The maximum atomic E-state index is 10.2. The van der Waals surface area contributed by atoms with Gasteiger partial charge in [0.1, 0.15) is 23.0 Å². The largest absolute Gasteiger partial charge is 0.385 e. The number of aromatic nitrogens is 4. The maximum absolute atomic E-state index is 10.2. The van der Waals surface area contributed by atoms with E-state index in [1.165, 1.54) is 0 Å². The quantitative estimate of drug-likeness (QED) is 0.677. The van der Waals surface area contributed by atoms with Crippen LogP contribution in [0.5, 0.6) is 0 Å². The number of nitrogens with two attached hydrogens (primary N) is 1. The Bertz CT molecular complexity index is 765. The summed E-state index contributed by atoms with van der Waals surface area (Å²) in [6.07, 6.45) is 1.70. The third-order valence-electron chi connectivity index (χ3n) is 3.24. The fourth-order valence-electron chi connectivity index (χ4n) is 2.33. The van der Waals surface area contributed by atoms with Crippen molar-refractivity contribution >= 4 is 27.9 Å². The molecule has 0 saturated carbocycles. The molecule has 0 saturated heterocycles. The Labute approximate surface area is 116 Å². The van der Waals surface area contributed by atoms with Gasteiger partial charge in [0, 0.05) is 6.20 Å². The lowest BCUT2D eigenvalue weighted by Gasteiger charge is -2.09. The Kier molecular flexibility index (Phi) is 3.02. The summed E-state index contributed by atoms with van der Waals surface area (Å²) in [6, 6.07) is 3.66. The van der Waals surface area contributed by atoms with Crippen molar-refractivity contribution < 1.29 is 5.11 Å². The van der Waals surface area contributed by atoms with Crippen LogP contribution in [0.4, 0.5) is 5.82 Å². The number of hydrogen-bond acceptors (Lipinski definition) is 5. The lowest BCUT2D eigenvalue weighted by Crippen LogP contribution is -2.03. The van der Waals surface area contributed by atoms with Crippen LogP contribution in [-0.4, -0.2) is 25.0 Å². The summed E-state index contributed by atoms with van der Waals surface area (Å²) in [4.78, 5) is 16.1. The number of nitrogens with one attached hydrogen (secondary N) is 1. The molecule has 104 valence electrons. The van der Waals surface area contributed by atoms with Crippen LogP contribution in [0.25, 0.3) is 22.1 Å². The average Bonchev–Trinajstić information content (AvgIpc) is 2.84. The van der Waals surface area contributed by atoms with E-state index in [-0.39, 0.29) is 0 Å². The van der Waals surface area contributed by atoms with Crippen LogP contribution in [-0.2, 0) is 0 Å². The van der Waals surface area contributed by atoms with Crippen molar-refractivity contribution in [2.45, 2.75) is 26.4 Å². The molecule has 0 aliphatic rings. The van der Waals surface area contributed by atoms with E-state index >= 15 is 0 Å². The van der Waals surface area contributed by atoms with Crippen LogP contribution in [0.1, 0.15) is 32.2 Å². The van der Waals surface area contributed by atoms with Gasteiger partial charge in [-0.15, -0.1) is 0 Å². The minimum atomic E-state index is -0.638. The van der Waals surface area contributed by atoms with E-state index in [4.69, 9.17) is 5.73 Å². The normalized spacial score (nSPS) is 13.4. The predicted molar refractivity (Wildman–Crippen MR) is 78.0 cm³/mol. The number of imidazole rings is 1. The summed E-state index contributed by atoms with van der Waals surface area (Å²) >= 11 is 0. The molecular formula is C14H17N5O. The van der Waals surface area contributed by atoms with E-state index in [0.29, 0.717) is 40.5 Å². The van der Waals surface area contributed by atoms with Crippen LogP contribution in [0.15, 0.2) is 18.3 Å². The zero-order valence-electron chi connectivity index (χ0n) is 11.5. The molecule has 3 aromatic rings. The summed E-state index contributed by atoms with van der Waals surface area (Å²) in [5.74, 6) is 1.24. The minimum absolute atomic E-state index is 0.347. The number of aliphatic hydroxyl groups excluding tert-OH is 1. The van der Waals surface area contributed by atoms with Gasteiger partial charge >= 0.3 is 0 Å². The third kappa shape index (κ3) is 2.08. The first-order valence-electron chi connectivity index (χ1n) is 6.64. The van der Waals surface area contributed by atoms with Gasteiger partial charge in [0.05, 0.1) is 11.0 Å². The van der Waals surface area contributed by atoms with Crippen molar-refractivity contribution in [2.75, 3.05) is 5.73 Å². The molecule has 3 aromatic heterocycles. The predicted octanol–water partition coefficient (Wildman–Crippen LogP) is 2.17. The standard InChI is InChI=1S/C14H17N5O/c1-7(2)6-9(20)14-18-11-10-8(4-3-5-16-10)17-13(15)12(11)19-14/h3-5,7,9,20H,6H2,1-2H3,(H2,15,17)(H,18,19). The highest BCUT2D eigenvalue weighted by atomic mass is 16.3. The molecule has 4 N–H and O–H groups in total. The molecule has 1 atom stereocenters. The number of anilines is 1. The molecule has 6 nitrogen and oxygen atoms in total. The molecule has 0 amide bonds. The SMILES string of the molecule is CC(C)CC(O)c1nc2c(N)nc3cccnc3c2[nH]1. The first-order chi connectivity index (χ1) is 9.56. The van der Waals surface area contributed by atoms with Gasteiger partial charge < -0.3 is 15.8 Å². The fourth-order valence-corrected chi connectivity index (χ4v) is 2.33. The number of nitrogen functional groups attached to an aromatic ring is 1. The Morgan fingerprint density at radius 3 is 2.85 bits per heavy atom. The van der Waals surface area contributed by atoms with Crippen LogP contribution in [0, 0.1) is 5.92 Å². The van der Waals surface area contributed by atoms with E-state index < -0.39 is 6.10 Å². The number of rotatable bonds is 3. The van der Waals surface area contributed by atoms with Crippen molar-refractivity contribution in [1.82, 2.24) is 19.9 Å². The lowest BCUT2D eigenvalue weighted by molar-refractivity contribution is 0.143. The number of hydrogen-bond donors (Lipinski definition) is 3. The molecule has 0 aliphatic carbocycles. The smallest absolute Gasteiger partial charge is 0.152 e. The van der Waals surface area contributed by atoms with E-state index in [0.717, 1.165) is 5.52 Å². The van der Waals surface area contributed by atoms with Gasteiger partial charge in [0.15, 0.2) is 5.82 Å². The molecule has 3 rings (SSSR count). The van der Waals surface area contributed by atoms with E-state index in [1.807, 2.05) is 12.1 Å². The van der Waals surface area contributed by atoms with Gasteiger partial charge in [-0.25, -0.2) is 9.97 Å². The van der Waals surface area contributed by atoms with E-state index in [1.54, 1.807) is 6.20 Å². The van der Waals surface area contributed by atoms with Gasteiger partial charge in [0.25, 0.3) is 0 Å². The zero-order valence-corrected chi connectivity index (χ0v) is 11.5. The molecule has 0 fully saturated rings. The number of aromatic amines is 1. The Morgan fingerprint density at radius 1 is 1.30 bits per heavy atom. The second-order valence-corrected chi connectivity index (χ2v) is 5.36. The van der Waals surface area contributed by atoms with Crippen molar-refractivity contribution in [3.05, 3.63) is 24.2 Å². The highest BCUT2D eigenvalue weighted by Gasteiger charge is 2.17. The van der Waals surface area contributed by atoms with Crippen LogP contribution in [0.2, 0.25) is 0 Å². The maximum Gasteiger partial charge on any atom is 0.152 e. The highest BCUT2D eigenvalue weighted by Crippen LogP contribution is 2.27. The van der Waals surface area contributed by atoms with Crippen LogP contribution < -0.4 is 5.73 Å². The number of H-pyrrole nitrogens is 1. The Hall–Kier alpha value is -2.21. The number of nitrogens with zero attached hydrogens (tertiary/aromatic N) is 3. The van der Waals surface area contributed by atoms with E-state index in [2.05, 4.69) is 33.8 Å². The number of pyridine rings is 2. The van der Waals surface area contributed by atoms with Crippen molar-refractivity contribution in [1.29, 1.82) is 0 Å². The van der Waals surface area contributed by atoms with Crippen molar-refractivity contribution in [3.8, 4) is 0 Å². The summed E-state index contributed by atoms with van der Waals surface area (Å²) in [7, 11) is 0. The minimum Gasteiger partial charge on any atom is -0.385 e. The molecule has 0 radical (unpaired) electrons. The van der Waals surface area contributed by atoms with E-state index in [9.17, 15) is 5.11 Å². The Morgan fingerprint density at radius 2 is 2.10 bits per heavy atom. The van der Waals surface area contributed by atoms with Gasteiger partial charge in [0.2, 0.25) is 0 Å². The molecule has 3 heterocycles. The zero-order chi connectivity index (χ0) is 14.3. The number of fused-ring (bicyclic) bond motifs is 3. The first kappa shape index (κ1) is 12.8. The first-order valence-corrected chi connectivity index (χ1v) is 6.64. The summed E-state index contributed by atoms with van der Waals surface area (Å²) in [6.45, 7) is 4.11. The van der Waals surface area contributed by atoms with Crippen LogP contribution in [0.3, 0.4) is 0 Å². The van der Waals surface area contributed by atoms with Gasteiger partial charge in [-0.3, -0.25) is 4.98 Å². The molecule has 0 spiro atoms. The average molecular weight is 271 g/mol. The second kappa shape index (κ2) is 4.72. The van der Waals surface area contributed by atoms with Crippen LogP contribution >= 0.6 is 0 Å². The molecule has 1 unspecified atom stereocenters. The molecule has 6 heteroatoms. The van der Waals surface area contributed by atoms with Crippen molar-refractivity contribution in [2.24, 2.45) is 5.92 Å². The fraction of sp³-hybridized carbons (Fsp3) is 0.357. The second-order valence-electron chi connectivity index (χ2n) is 5.36. The summed E-state index contributed by atoms with van der Waals surface area (Å²) in [5.41, 5.74) is 8.65. The topological polar surface area (TPSA) is 101 Å². The summed E-state index contributed by atoms with van der Waals surface area (Å²) < 4.78 is 0. The lowest BCUT2D eigenvalue weighted by atomic mass is 10.1.